The molecule has 196 valence electrons. The number of nitrogen functional groups attached to an aromatic ring is 1. The molecule has 0 amide bonds. The van der Waals surface area contributed by atoms with E-state index in [1.54, 1.807) is 16.4 Å². The van der Waals surface area contributed by atoms with Gasteiger partial charge >= 0.3 is 0 Å². The van der Waals surface area contributed by atoms with Gasteiger partial charge in [0.15, 0.2) is 15.8 Å². The Morgan fingerprint density at radius 2 is 1.81 bits per heavy atom. The first-order valence-corrected chi connectivity index (χ1v) is 14.6. The summed E-state index contributed by atoms with van der Waals surface area (Å²) in [6.07, 6.45) is 4.97. The van der Waals surface area contributed by atoms with Gasteiger partial charge in [-0.25, -0.2) is 4.68 Å². The van der Waals surface area contributed by atoms with E-state index in [4.69, 9.17) is 10.8 Å². The summed E-state index contributed by atoms with van der Waals surface area (Å²) in [7, 11) is 0. The number of nitrogens with two attached hydrogens (primary N) is 1. The van der Waals surface area contributed by atoms with Crippen LogP contribution in [0.25, 0.3) is 5.69 Å². The zero-order valence-electron chi connectivity index (χ0n) is 23.0. The number of benzene rings is 1. The average Bonchev–Trinajstić information content (AvgIpc) is 3.41. The predicted octanol–water partition coefficient (Wildman–Crippen LogP) is 8.62. The van der Waals surface area contributed by atoms with Gasteiger partial charge in [-0.3, -0.25) is 0 Å². The monoisotopic (exact) mass is 527 g/mol. The Balaban J connectivity index is 1.86. The van der Waals surface area contributed by atoms with Crippen LogP contribution in [0, 0.1) is 5.92 Å². The highest BCUT2D eigenvalue weighted by Crippen LogP contribution is 2.39. The molecule has 2 heterocycles. The molecule has 0 saturated carbocycles. The lowest BCUT2D eigenvalue weighted by molar-refractivity contribution is 0.499. The Kier molecular flexibility index (Phi) is 9.33. The number of hydrogen-bond acceptors (Lipinski definition) is 8. The standard InChI is InChI=1S/C27H41N7S2/c1-9-11-13-18(10-2)17-35-25-32-31-24(36-25)30-29-21-22(27(6,7)8)33-34(23(21)28)20-15-12-14-19(16-20)26(3,4)5/h12,14-16,18H,9-11,13,17,28H2,1-8H3. The fraction of sp³-hybridized carbons (Fsp3) is 0.593. The maximum absolute atomic E-state index is 6.61. The van der Waals surface area contributed by atoms with E-state index < -0.39 is 0 Å². The van der Waals surface area contributed by atoms with Crippen molar-refractivity contribution < 1.29 is 0 Å². The van der Waals surface area contributed by atoms with Crippen LogP contribution in [0.3, 0.4) is 0 Å². The lowest BCUT2D eigenvalue weighted by Crippen LogP contribution is -2.14. The van der Waals surface area contributed by atoms with Crippen molar-refractivity contribution in [1.82, 2.24) is 20.0 Å². The number of rotatable bonds is 10. The van der Waals surface area contributed by atoms with Gasteiger partial charge in [-0.15, -0.1) is 20.4 Å². The third-order valence-electron chi connectivity index (χ3n) is 6.18. The summed E-state index contributed by atoms with van der Waals surface area (Å²) in [5.74, 6) is 2.24. The summed E-state index contributed by atoms with van der Waals surface area (Å²) in [5.41, 5.74) is 9.88. The largest absolute Gasteiger partial charge is 0.382 e. The SMILES string of the molecule is CCCCC(CC)CSc1nnc(N=Nc2c(C(C)(C)C)nn(-c3cccc(C(C)(C)C)c3)c2N)s1. The van der Waals surface area contributed by atoms with Crippen molar-refractivity contribution in [2.75, 3.05) is 11.5 Å². The number of azo groups is 1. The first-order valence-electron chi connectivity index (χ1n) is 12.8. The topological polar surface area (TPSA) is 94.3 Å². The first kappa shape index (κ1) is 28.3. The van der Waals surface area contributed by atoms with Crippen LogP contribution in [-0.2, 0) is 10.8 Å². The predicted molar refractivity (Wildman–Crippen MR) is 153 cm³/mol. The van der Waals surface area contributed by atoms with Crippen LogP contribution in [0.1, 0.15) is 92.3 Å². The Morgan fingerprint density at radius 3 is 2.44 bits per heavy atom. The molecule has 0 saturated heterocycles. The highest BCUT2D eigenvalue weighted by molar-refractivity contribution is 8.01. The Morgan fingerprint density at radius 1 is 1.06 bits per heavy atom. The van der Waals surface area contributed by atoms with E-state index in [2.05, 4.69) is 87.9 Å². The van der Waals surface area contributed by atoms with E-state index in [9.17, 15) is 0 Å². The molecule has 1 unspecified atom stereocenters. The average molecular weight is 528 g/mol. The number of hydrogen-bond donors (Lipinski definition) is 1. The minimum absolute atomic E-state index is 0.0219. The van der Waals surface area contributed by atoms with Gasteiger partial charge < -0.3 is 5.73 Å². The third kappa shape index (κ3) is 7.16. The second kappa shape index (κ2) is 11.9. The molecule has 0 spiro atoms. The van der Waals surface area contributed by atoms with Crippen LogP contribution in [0.5, 0.6) is 0 Å². The normalized spacial score (nSPS) is 13.6. The van der Waals surface area contributed by atoms with Crippen LogP contribution >= 0.6 is 23.1 Å². The van der Waals surface area contributed by atoms with Gasteiger partial charge in [0.2, 0.25) is 0 Å². The quantitative estimate of drug-likeness (QED) is 0.210. The van der Waals surface area contributed by atoms with E-state index in [0.717, 1.165) is 21.5 Å². The van der Waals surface area contributed by atoms with Crippen molar-refractivity contribution in [3.8, 4) is 5.69 Å². The molecular weight excluding hydrogens is 486 g/mol. The zero-order chi connectivity index (χ0) is 26.5. The maximum atomic E-state index is 6.61. The summed E-state index contributed by atoms with van der Waals surface area (Å²) in [4.78, 5) is 0. The summed E-state index contributed by atoms with van der Waals surface area (Å²) in [6, 6.07) is 8.33. The lowest BCUT2D eigenvalue weighted by Gasteiger charge is -2.20. The molecule has 36 heavy (non-hydrogen) atoms. The van der Waals surface area contributed by atoms with E-state index in [1.165, 1.54) is 42.6 Å². The summed E-state index contributed by atoms with van der Waals surface area (Å²) in [6.45, 7) is 17.4. The summed E-state index contributed by atoms with van der Waals surface area (Å²) in [5, 5.41) is 22.9. The molecule has 3 rings (SSSR count). The van der Waals surface area contributed by atoms with Crippen molar-refractivity contribution in [3.05, 3.63) is 35.5 Å². The smallest absolute Gasteiger partial charge is 0.252 e. The fourth-order valence-electron chi connectivity index (χ4n) is 3.81. The molecule has 2 aromatic heterocycles. The summed E-state index contributed by atoms with van der Waals surface area (Å²) < 4.78 is 2.70. The van der Waals surface area contributed by atoms with Gasteiger partial charge in [0.1, 0.15) is 0 Å². The van der Waals surface area contributed by atoms with Gasteiger partial charge in [0, 0.05) is 11.2 Å². The van der Waals surface area contributed by atoms with Crippen LogP contribution in [0.4, 0.5) is 16.6 Å². The number of nitrogens with zero attached hydrogens (tertiary/aromatic N) is 6. The van der Waals surface area contributed by atoms with Crippen molar-refractivity contribution >= 4 is 39.7 Å². The Bertz CT molecular complexity index is 1170. The van der Waals surface area contributed by atoms with Gasteiger partial charge in [-0.05, 0) is 35.4 Å². The molecule has 0 aliphatic heterocycles. The molecule has 1 aromatic carbocycles. The molecule has 2 N–H and O–H groups in total. The van der Waals surface area contributed by atoms with Gasteiger partial charge in [0.05, 0.1) is 11.4 Å². The summed E-state index contributed by atoms with van der Waals surface area (Å²) >= 11 is 3.23. The van der Waals surface area contributed by atoms with Crippen molar-refractivity contribution in [2.24, 2.45) is 16.1 Å². The number of thioether (sulfide) groups is 1. The highest BCUT2D eigenvalue weighted by Gasteiger charge is 2.27. The maximum Gasteiger partial charge on any atom is 0.252 e. The van der Waals surface area contributed by atoms with Gasteiger partial charge in [-0.1, -0.05) is 110 Å². The molecule has 9 heteroatoms. The minimum atomic E-state index is -0.259. The van der Waals surface area contributed by atoms with E-state index in [0.29, 0.717) is 22.6 Å². The van der Waals surface area contributed by atoms with E-state index in [-0.39, 0.29) is 10.8 Å². The van der Waals surface area contributed by atoms with Crippen molar-refractivity contribution in [1.29, 1.82) is 0 Å². The second-order valence-corrected chi connectivity index (χ2v) is 13.5. The van der Waals surface area contributed by atoms with Crippen molar-refractivity contribution in [2.45, 2.75) is 96.2 Å². The van der Waals surface area contributed by atoms with E-state index >= 15 is 0 Å². The molecule has 0 aliphatic carbocycles. The van der Waals surface area contributed by atoms with Crippen LogP contribution < -0.4 is 5.73 Å². The number of unbranched alkanes of at least 4 members (excludes halogenated alkanes) is 1. The molecule has 0 bridgehead atoms. The minimum Gasteiger partial charge on any atom is -0.382 e. The third-order valence-corrected chi connectivity index (χ3v) is 8.35. The van der Waals surface area contributed by atoms with Crippen molar-refractivity contribution in [3.63, 3.8) is 0 Å². The number of anilines is 1. The molecule has 0 radical (unpaired) electrons. The molecular formula is C27H41N7S2. The first-order chi connectivity index (χ1) is 16.9. The van der Waals surface area contributed by atoms with Crippen LogP contribution in [0.15, 0.2) is 38.8 Å². The lowest BCUT2D eigenvalue weighted by atomic mass is 9.87. The van der Waals surface area contributed by atoms with E-state index in [1.807, 2.05) is 12.1 Å². The molecule has 3 aromatic rings. The highest BCUT2D eigenvalue weighted by atomic mass is 32.2. The van der Waals surface area contributed by atoms with Crippen LogP contribution in [-0.4, -0.2) is 25.7 Å². The Labute approximate surface area is 224 Å². The van der Waals surface area contributed by atoms with Gasteiger partial charge in [-0.2, -0.15) is 5.10 Å². The fourth-order valence-corrected chi connectivity index (χ4v) is 5.75. The zero-order valence-corrected chi connectivity index (χ0v) is 24.6. The van der Waals surface area contributed by atoms with Crippen LogP contribution in [0.2, 0.25) is 0 Å². The molecule has 1 atom stereocenters. The molecule has 0 fully saturated rings. The molecule has 7 nitrogen and oxygen atoms in total. The Hall–Kier alpha value is -2.26. The van der Waals surface area contributed by atoms with Gasteiger partial charge in [0.25, 0.3) is 5.13 Å². The second-order valence-electron chi connectivity index (χ2n) is 11.3. The number of aromatic nitrogens is 4. The molecule has 0 aliphatic rings.